The lowest BCUT2D eigenvalue weighted by Crippen LogP contribution is -2.51. The number of nitrogens with zero attached hydrogens (tertiary/aromatic N) is 2. The van der Waals surface area contributed by atoms with E-state index < -0.39 is 6.04 Å². The fourth-order valence-corrected chi connectivity index (χ4v) is 2.49. The molecule has 0 unspecified atom stereocenters. The number of carbonyl (C=O) groups excluding carboxylic acids is 2. The highest BCUT2D eigenvalue weighted by molar-refractivity contribution is 5.85. The first-order chi connectivity index (χ1) is 9.79. The Bertz CT molecular complexity index is 359. The van der Waals surface area contributed by atoms with Crippen molar-refractivity contribution in [2.24, 2.45) is 11.7 Å². The Morgan fingerprint density at radius 3 is 2.17 bits per heavy atom. The summed E-state index contributed by atoms with van der Waals surface area (Å²) in [6.07, 6.45) is 2.46. The summed E-state index contributed by atoms with van der Waals surface area (Å²) in [7, 11) is 3.54. The molecule has 2 amide bonds. The van der Waals surface area contributed by atoms with Crippen LogP contribution in [0.4, 0.5) is 0 Å². The molecular formula is C15H32Cl2N4O2. The van der Waals surface area contributed by atoms with Crippen LogP contribution in [-0.4, -0.2) is 67.4 Å². The van der Waals surface area contributed by atoms with E-state index >= 15 is 0 Å². The fraction of sp³-hybridized carbons (Fsp3) is 0.867. The molecule has 0 bridgehead atoms. The molecular weight excluding hydrogens is 339 g/mol. The molecule has 1 fully saturated rings. The van der Waals surface area contributed by atoms with Crippen molar-refractivity contribution in [1.82, 2.24) is 15.1 Å². The first kappa shape index (κ1) is 24.7. The zero-order chi connectivity index (χ0) is 16.0. The largest absolute Gasteiger partial charge is 0.352 e. The van der Waals surface area contributed by atoms with Crippen molar-refractivity contribution < 1.29 is 9.59 Å². The zero-order valence-corrected chi connectivity index (χ0v) is 16.2. The maximum Gasteiger partial charge on any atom is 0.237 e. The summed E-state index contributed by atoms with van der Waals surface area (Å²) >= 11 is 0. The first-order valence-electron chi connectivity index (χ1n) is 7.78. The van der Waals surface area contributed by atoms with Gasteiger partial charge in [0.15, 0.2) is 0 Å². The molecule has 0 spiro atoms. The topological polar surface area (TPSA) is 78.7 Å². The third-order valence-electron chi connectivity index (χ3n) is 3.85. The van der Waals surface area contributed by atoms with Gasteiger partial charge in [-0.05, 0) is 25.2 Å². The smallest absolute Gasteiger partial charge is 0.237 e. The van der Waals surface area contributed by atoms with Crippen LogP contribution in [-0.2, 0) is 9.59 Å². The average Bonchev–Trinajstić information content (AvgIpc) is 2.39. The molecule has 0 saturated carbocycles. The van der Waals surface area contributed by atoms with E-state index in [-0.39, 0.29) is 42.7 Å². The molecule has 0 aromatic carbocycles. The van der Waals surface area contributed by atoms with E-state index in [1.165, 1.54) is 0 Å². The molecule has 1 aliphatic rings. The van der Waals surface area contributed by atoms with Crippen LogP contribution in [0.2, 0.25) is 0 Å². The van der Waals surface area contributed by atoms with Crippen molar-refractivity contribution in [1.29, 1.82) is 0 Å². The Morgan fingerprint density at radius 2 is 1.74 bits per heavy atom. The van der Waals surface area contributed by atoms with Crippen LogP contribution in [0.5, 0.6) is 0 Å². The Labute approximate surface area is 152 Å². The van der Waals surface area contributed by atoms with Gasteiger partial charge in [-0.1, -0.05) is 13.8 Å². The summed E-state index contributed by atoms with van der Waals surface area (Å²) in [5, 5.41) is 3.03. The van der Waals surface area contributed by atoms with E-state index in [9.17, 15) is 9.59 Å². The number of nitrogens with one attached hydrogen (secondary N) is 1. The number of piperidine rings is 1. The monoisotopic (exact) mass is 370 g/mol. The number of likely N-dealkylation sites (N-methyl/N-ethyl adjacent to an activating group) is 1. The van der Waals surface area contributed by atoms with E-state index in [1.807, 2.05) is 0 Å². The van der Waals surface area contributed by atoms with Gasteiger partial charge in [0.05, 0.1) is 12.6 Å². The van der Waals surface area contributed by atoms with Gasteiger partial charge in [0.25, 0.3) is 0 Å². The molecule has 0 aromatic rings. The van der Waals surface area contributed by atoms with Crippen LogP contribution in [0.3, 0.4) is 0 Å². The number of nitrogens with two attached hydrogens (primary N) is 1. The molecule has 6 nitrogen and oxygen atoms in total. The van der Waals surface area contributed by atoms with Crippen molar-refractivity contribution in [3.8, 4) is 0 Å². The number of halogens is 2. The van der Waals surface area contributed by atoms with Crippen LogP contribution in [0.15, 0.2) is 0 Å². The molecule has 0 radical (unpaired) electrons. The second-order valence-corrected chi connectivity index (χ2v) is 6.58. The lowest BCUT2D eigenvalue weighted by molar-refractivity contribution is -0.130. The van der Waals surface area contributed by atoms with Crippen LogP contribution >= 0.6 is 24.8 Å². The summed E-state index contributed by atoms with van der Waals surface area (Å²) in [6.45, 7) is 6.26. The molecule has 23 heavy (non-hydrogen) atoms. The summed E-state index contributed by atoms with van der Waals surface area (Å²) in [4.78, 5) is 27.4. The van der Waals surface area contributed by atoms with Crippen LogP contribution in [0, 0.1) is 5.92 Å². The molecule has 138 valence electrons. The molecule has 1 heterocycles. The second kappa shape index (κ2) is 11.9. The Hall–Kier alpha value is -0.560. The van der Waals surface area contributed by atoms with Gasteiger partial charge < -0.3 is 16.0 Å². The average molecular weight is 371 g/mol. The first-order valence-corrected chi connectivity index (χ1v) is 7.78. The SMILES string of the molecule is CC(C)C[C@H](N)C(=O)NC1CCN(CC(=O)N(C)C)CC1.Cl.Cl. The van der Waals surface area contributed by atoms with Crippen LogP contribution in [0.25, 0.3) is 0 Å². The number of amides is 2. The Morgan fingerprint density at radius 1 is 1.22 bits per heavy atom. The zero-order valence-electron chi connectivity index (χ0n) is 14.6. The molecule has 1 saturated heterocycles. The third-order valence-corrected chi connectivity index (χ3v) is 3.85. The van der Waals surface area contributed by atoms with Crippen molar-refractivity contribution in [2.45, 2.75) is 45.2 Å². The lowest BCUT2D eigenvalue weighted by atomic mass is 10.0. The highest BCUT2D eigenvalue weighted by Gasteiger charge is 2.24. The van der Waals surface area contributed by atoms with Gasteiger partial charge in [-0.15, -0.1) is 24.8 Å². The summed E-state index contributed by atoms with van der Waals surface area (Å²) < 4.78 is 0. The summed E-state index contributed by atoms with van der Waals surface area (Å²) in [6, 6.07) is -0.236. The van der Waals surface area contributed by atoms with Crippen LogP contribution < -0.4 is 11.1 Å². The maximum atomic E-state index is 12.0. The standard InChI is InChI=1S/C15H30N4O2.2ClH/c1-11(2)9-13(16)15(21)17-12-5-7-19(8-6-12)10-14(20)18(3)4;;/h11-13H,5-10,16H2,1-4H3,(H,17,21);2*1H/t13-;;/m0../s1. The fourth-order valence-electron chi connectivity index (χ4n) is 2.49. The van der Waals surface area contributed by atoms with E-state index in [1.54, 1.807) is 19.0 Å². The molecule has 0 aromatic heterocycles. The maximum absolute atomic E-state index is 12.0. The van der Waals surface area contributed by atoms with Crippen molar-refractivity contribution >= 4 is 36.6 Å². The van der Waals surface area contributed by atoms with Crippen molar-refractivity contribution in [3.05, 3.63) is 0 Å². The van der Waals surface area contributed by atoms with Gasteiger partial charge in [0.2, 0.25) is 11.8 Å². The quantitative estimate of drug-likeness (QED) is 0.726. The number of likely N-dealkylation sites (tertiary alicyclic amines) is 1. The minimum atomic E-state index is -0.418. The second-order valence-electron chi connectivity index (χ2n) is 6.58. The van der Waals surface area contributed by atoms with Gasteiger partial charge in [-0.3, -0.25) is 14.5 Å². The van der Waals surface area contributed by atoms with E-state index in [0.717, 1.165) is 25.9 Å². The number of rotatable bonds is 6. The normalized spacial score (nSPS) is 17.0. The number of hydrogen-bond donors (Lipinski definition) is 2. The molecule has 1 rings (SSSR count). The van der Waals surface area contributed by atoms with Gasteiger partial charge >= 0.3 is 0 Å². The van der Waals surface area contributed by atoms with Crippen molar-refractivity contribution in [3.63, 3.8) is 0 Å². The third kappa shape index (κ3) is 9.35. The van der Waals surface area contributed by atoms with Crippen LogP contribution in [0.1, 0.15) is 33.1 Å². The number of hydrogen-bond acceptors (Lipinski definition) is 4. The van der Waals surface area contributed by atoms with Gasteiger partial charge in [0, 0.05) is 33.2 Å². The molecule has 8 heteroatoms. The highest BCUT2D eigenvalue weighted by atomic mass is 35.5. The molecule has 1 aliphatic heterocycles. The lowest BCUT2D eigenvalue weighted by Gasteiger charge is -2.33. The summed E-state index contributed by atoms with van der Waals surface area (Å²) in [5.74, 6) is 0.493. The van der Waals surface area contributed by atoms with E-state index in [2.05, 4.69) is 24.1 Å². The van der Waals surface area contributed by atoms with Gasteiger partial charge in [0.1, 0.15) is 0 Å². The molecule has 1 atom stereocenters. The summed E-state index contributed by atoms with van der Waals surface area (Å²) in [5.41, 5.74) is 5.89. The predicted octanol–water partition coefficient (Wildman–Crippen LogP) is 0.872. The minimum absolute atomic E-state index is 0. The van der Waals surface area contributed by atoms with Crippen molar-refractivity contribution in [2.75, 3.05) is 33.7 Å². The van der Waals surface area contributed by atoms with E-state index in [4.69, 9.17) is 5.73 Å². The van der Waals surface area contributed by atoms with Gasteiger partial charge in [-0.2, -0.15) is 0 Å². The minimum Gasteiger partial charge on any atom is -0.352 e. The molecule has 0 aliphatic carbocycles. The van der Waals surface area contributed by atoms with E-state index in [0.29, 0.717) is 18.9 Å². The number of carbonyl (C=O) groups is 2. The predicted molar refractivity (Wildman–Crippen MR) is 98.2 cm³/mol. The highest BCUT2D eigenvalue weighted by Crippen LogP contribution is 2.11. The molecule has 3 N–H and O–H groups in total. The Kier molecular flexibility index (Phi) is 12.8. The Balaban J connectivity index is 0. The van der Waals surface area contributed by atoms with Gasteiger partial charge in [-0.25, -0.2) is 0 Å².